The van der Waals surface area contributed by atoms with Crippen LogP contribution in [0, 0.1) is 5.92 Å². The van der Waals surface area contributed by atoms with E-state index in [0.29, 0.717) is 18.9 Å². The van der Waals surface area contributed by atoms with Crippen LogP contribution >= 0.6 is 0 Å². The molecule has 3 N–H and O–H groups in total. The van der Waals surface area contributed by atoms with Crippen LogP contribution in [-0.4, -0.2) is 18.4 Å². The molecule has 0 aromatic heterocycles. The number of rotatable bonds is 8. The van der Waals surface area contributed by atoms with E-state index in [1.807, 2.05) is 63.2 Å². The summed E-state index contributed by atoms with van der Waals surface area (Å²) in [6.45, 7) is 8.18. The molecular weight excluding hydrogens is 336 g/mol. The summed E-state index contributed by atoms with van der Waals surface area (Å²) in [6.07, 6.45) is 0.524. The van der Waals surface area contributed by atoms with Gasteiger partial charge in [0.25, 0.3) is 0 Å². The number of carbonyl (C=O) groups is 1. The Balaban J connectivity index is 1.96. The minimum Gasteiger partial charge on any atom is -0.357 e. The number of hydrogen-bond acceptors (Lipinski definition) is 2. The standard InChI is InChI=1S/C22H30N4O/c1-4-23-22(24-15-18-9-6-5-7-10-18)25-16-19-11-8-12-20(14-19)26-21(27)13-17(2)3/h5-12,14,17H,4,13,15-16H2,1-3H3,(H,26,27)(H2,23,24,25). The molecule has 1 amide bonds. The van der Waals surface area contributed by atoms with E-state index in [-0.39, 0.29) is 5.91 Å². The van der Waals surface area contributed by atoms with Gasteiger partial charge in [-0.05, 0) is 36.1 Å². The number of aliphatic imine (C=N–C) groups is 1. The molecule has 5 heteroatoms. The fourth-order valence-electron chi connectivity index (χ4n) is 2.62. The molecule has 0 radical (unpaired) electrons. The molecular formula is C22H30N4O. The van der Waals surface area contributed by atoms with Gasteiger partial charge >= 0.3 is 0 Å². The molecule has 0 spiro atoms. The van der Waals surface area contributed by atoms with E-state index in [4.69, 9.17) is 0 Å². The molecule has 5 nitrogen and oxygen atoms in total. The predicted molar refractivity (Wildman–Crippen MR) is 113 cm³/mol. The van der Waals surface area contributed by atoms with Crippen LogP contribution in [-0.2, 0) is 17.9 Å². The number of nitrogens with zero attached hydrogens (tertiary/aromatic N) is 1. The molecule has 144 valence electrons. The summed E-state index contributed by atoms with van der Waals surface area (Å²) in [5.74, 6) is 1.16. The summed E-state index contributed by atoms with van der Waals surface area (Å²) < 4.78 is 0. The lowest BCUT2D eigenvalue weighted by Gasteiger charge is -2.12. The summed E-state index contributed by atoms with van der Waals surface area (Å²) in [5.41, 5.74) is 3.07. The molecule has 0 aliphatic carbocycles. The first-order valence-corrected chi connectivity index (χ1v) is 9.51. The summed E-state index contributed by atoms with van der Waals surface area (Å²) in [5, 5.41) is 9.56. The highest BCUT2D eigenvalue weighted by Gasteiger charge is 2.06. The van der Waals surface area contributed by atoms with Gasteiger partial charge in [0, 0.05) is 25.2 Å². The van der Waals surface area contributed by atoms with Crippen molar-refractivity contribution in [1.82, 2.24) is 10.6 Å². The van der Waals surface area contributed by atoms with E-state index in [1.54, 1.807) is 0 Å². The van der Waals surface area contributed by atoms with Gasteiger partial charge in [-0.3, -0.25) is 4.79 Å². The number of anilines is 1. The van der Waals surface area contributed by atoms with E-state index in [9.17, 15) is 4.79 Å². The van der Waals surface area contributed by atoms with Crippen LogP contribution in [0.2, 0.25) is 0 Å². The second kappa shape index (κ2) is 11.0. The first kappa shape index (κ1) is 20.5. The molecule has 2 aromatic rings. The van der Waals surface area contributed by atoms with Gasteiger partial charge in [-0.15, -0.1) is 0 Å². The zero-order valence-corrected chi connectivity index (χ0v) is 16.5. The van der Waals surface area contributed by atoms with Crippen LogP contribution in [0.3, 0.4) is 0 Å². The van der Waals surface area contributed by atoms with E-state index >= 15 is 0 Å². The molecule has 0 saturated heterocycles. The van der Waals surface area contributed by atoms with Crippen LogP contribution in [0.1, 0.15) is 38.3 Å². The van der Waals surface area contributed by atoms with Gasteiger partial charge in [-0.25, -0.2) is 4.99 Å². The van der Waals surface area contributed by atoms with E-state index < -0.39 is 0 Å². The third kappa shape index (κ3) is 7.94. The highest BCUT2D eigenvalue weighted by molar-refractivity contribution is 5.90. The number of amides is 1. The lowest BCUT2D eigenvalue weighted by molar-refractivity contribution is -0.116. The van der Waals surface area contributed by atoms with Crippen molar-refractivity contribution in [2.75, 3.05) is 11.9 Å². The van der Waals surface area contributed by atoms with Crippen molar-refractivity contribution in [3.8, 4) is 0 Å². The number of nitrogens with one attached hydrogen (secondary N) is 3. The van der Waals surface area contributed by atoms with Gasteiger partial charge in [0.15, 0.2) is 5.96 Å². The minimum absolute atomic E-state index is 0.0449. The Morgan fingerprint density at radius 3 is 2.44 bits per heavy atom. The Bertz CT molecular complexity index is 741. The third-order valence-corrected chi connectivity index (χ3v) is 3.87. The smallest absolute Gasteiger partial charge is 0.224 e. The molecule has 0 unspecified atom stereocenters. The Labute approximate surface area is 162 Å². The Hall–Kier alpha value is -2.82. The van der Waals surface area contributed by atoms with Crippen LogP contribution in [0.25, 0.3) is 0 Å². The van der Waals surface area contributed by atoms with Crippen molar-refractivity contribution in [1.29, 1.82) is 0 Å². The first-order chi connectivity index (χ1) is 13.1. The van der Waals surface area contributed by atoms with Crippen LogP contribution in [0.5, 0.6) is 0 Å². The molecule has 0 fully saturated rings. The topological polar surface area (TPSA) is 65.5 Å². The van der Waals surface area contributed by atoms with Gasteiger partial charge in [0.05, 0.1) is 6.54 Å². The second-order valence-electron chi connectivity index (χ2n) is 6.88. The van der Waals surface area contributed by atoms with E-state index in [2.05, 4.69) is 33.1 Å². The molecule has 0 atom stereocenters. The van der Waals surface area contributed by atoms with Crippen molar-refractivity contribution in [3.05, 3.63) is 65.7 Å². The monoisotopic (exact) mass is 366 g/mol. The SMILES string of the molecule is CCNC(=NCc1cccc(NC(=O)CC(C)C)c1)NCc1ccccc1. The Kier molecular flexibility index (Phi) is 8.36. The molecule has 0 heterocycles. The summed E-state index contributed by atoms with van der Waals surface area (Å²) >= 11 is 0. The maximum Gasteiger partial charge on any atom is 0.224 e. The van der Waals surface area contributed by atoms with E-state index in [1.165, 1.54) is 5.56 Å². The lowest BCUT2D eigenvalue weighted by atomic mass is 10.1. The maximum absolute atomic E-state index is 11.9. The van der Waals surface area contributed by atoms with E-state index in [0.717, 1.165) is 30.3 Å². The number of hydrogen-bond donors (Lipinski definition) is 3. The third-order valence-electron chi connectivity index (χ3n) is 3.87. The fraction of sp³-hybridized carbons (Fsp3) is 0.364. The highest BCUT2D eigenvalue weighted by Crippen LogP contribution is 2.13. The van der Waals surface area contributed by atoms with Crippen molar-refractivity contribution in [2.24, 2.45) is 10.9 Å². The van der Waals surface area contributed by atoms with Gasteiger partial charge in [0.1, 0.15) is 0 Å². The Morgan fingerprint density at radius 2 is 1.74 bits per heavy atom. The van der Waals surface area contributed by atoms with Crippen molar-refractivity contribution in [2.45, 2.75) is 40.3 Å². The average molecular weight is 367 g/mol. The van der Waals surface area contributed by atoms with Gasteiger partial charge in [0.2, 0.25) is 5.91 Å². The lowest BCUT2D eigenvalue weighted by Crippen LogP contribution is -2.36. The molecule has 27 heavy (non-hydrogen) atoms. The van der Waals surface area contributed by atoms with Crippen LogP contribution in [0.15, 0.2) is 59.6 Å². The van der Waals surface area contributed by atoms with Crippen LogP contribution < -0.4 is 16.0 Å². The number of benzene rings is 2. The summed E-state index contributed by atoms with van der Waals surface area (Å²) in [6, 6.07) is 18.1. The van der Waals surface area contributed by atoms with Crippen molar-refractivity contribution < 1.29 is 4.79 Å². The molecule has 0 aliphatic rings. The van der Waals surface area contributed by atoms with Crippen molar-refractivity contribution in [3.63, 3.8) is 0 Å². The fourth-order valence-corrected chi connectivity index (χ4v) is 2.62. The highest BCUT2D eigenvalue weighted by atomic mass is 16.1. The average Bonchev–Trinajstić information content (AvgIpc) is 2.64. The predicted octanol–water partition coefficient (Wildman–Crippen LogP) is 3.93. The van der Waals surface area contributed by atoms with Gasteiger partial charge < -0.3 is 16.0 Å². The zero-order valence-electron chi connectivity index (χ0n) is 16.5. The van der Waals surface area contributed by atoms with Gasteiger partial charge in [-0.1, -0.05) is 56.3 Å². The maximum atomic E-state index is 11.9. The second-order valence-corrected chi connectivity index (χ2v) is 6.88. The molecule has 2 rings (SSSR count). The largest absolute Gasteiger partial charge is 0.357 e. The number of guanidine groups is 1. The summed E-state index contributed by atoms with van der Waals surface area (Å²) in [7, 11) is 0. The normalized spacial score (nSPS) is 11.3. The van der Waals surface area contributed by atoms with Crippen LogP contribution in [0.4, 0.5) is 5.69 Å². The molecule has 0 aliphatic heterocycles. The Morgan fingerprint density at radius 1 is 1.00 bits per heavy atom. The molecule has 2 aromatic carbocycles. The molecule has 0 saturated carbocycles. The zero-order chi connectivity index (χ0) is 19.5. The minimum atomic E-state index is 0.0449. The first-order valence-electron chi connectivity index (χ1n) is 9.51. The van der Waals surface area contributed by atoms with Crippen molar-refractivity contribution >= 4 is 17.6 Å². The quantitative estimate of drug-likeness (QED) is 0.490. The molecule has 0 bridgehead atoms. The summed E-state index contributed by atoms with van der Waals surface area (Å²) in [4.78, 5) is 16.6. The number of carbonyl (C=O) groups excluding carboxylic acids is 1. The van der Waals surface area contributed by atoms with Gasteiger partial charge in [-0.2, -0.15) is 0 Å².